The molecule has 1 heterocycles. The summed E-state index contributed by atoms with van der Waals surface area (Å²) in [6, 6.07) is 21.1. The quantitative estimate of drug-likeness (QED) is 0.238. The van der Waals surface area contributed by atoms with Crippen LogP contribution in [0.25, 0.3) is 21.7 Å². The van der Waals surface area contributed by atoms with E-state index in [1.807, 2.05) is 69.3 Å². The third-order valence-corrected chi connectivity index (χ3v) is 6.44. The van der Waals surface area contributed by atoms with Crippen molar-refractivity contribution in [2.24, 2.45) is 0 Å². The SMILES string of the molecule is COc1ccc(-c2nc(COc3ccc(OCC(=O)O)c(C)c3)sc2-c2cccc(OC(C)C)c2)cc1. The van der Waals surface area contributed by atoms with Crippen molar-refractivity contribution in [3.63, 3.8) is 0 Å². The molecule has 0 spiro atoms. The summed E-state index contributed by atoms with van der Waals surface area (Å²) in [7, 11) is 1.64. The average molecular weight is 520 g/mol. The van der Waals surface area contributed by atoms with Gasteiger partial charge >= 0.3 is 5.97 Å². The van der Waals surface area contributed by atoms with Crippen molar-refractivity contribution in [3.8, 4) is 44.7 Å². The molecule has 0 radical (unpaired) electrons. The van der Waals surface area contributed by atoms with Crippen molar-refractivity contribution in [1.29, 1.82) is 0 Å². The fourth-order valence-corrected chi connectivity index (χ4v) is 4.70. The van der Waals surface area contributed by atoms with E-state index in [0.717, 1.165) is 43.8 Å². The standard InChI is InChI=1S/C29H29NO6S/c1-18(2)36-24-7-5-6-21(15-24)29-28(20-8-10-22(33-4)11-9-20)30-26(37-29)16-34-23-12-13-25(19(3)14-23)35-17-27(31)32/h5-15,18H,16-17H2,1-4H3,(H,31,32). The molecule has 0 unspecified atom stereocenters. The van der Waals surface area contributed by atoms with Gasteiger partial charge in [-0.3, -0.25) is 0 Å². The fraction of sp³-hybridized carbons (Fsp3) is 0.241. The Balaban J connectivity index is 1.61. The lowest BCUT2D eigenvalue weighted by Gasteiger charge is -2.11. The molecular formula is C29H29NO6S. The van der Waals surface area contributed by atoms with Gasteiger partial charge in [-0.1, -0.05) is 12.1 Å². The minimum absolute atomic E-state index is 0.0751. The van der Waals surface area contributed by atoms with Crippen molar-refractivity contribution in [2.45, 2.75) is 33.5 Å². The normalized spacial score (nSPS) is 10.8. The van der Waals surface area contributed by atoms with Crippen molar-refractivity contribution in [3.05, 3.63) is 77.3 Å². The van der Waals surface area contributed by atoms with Crippen LogP contribution in [0.5, 0.6) is 23.0 Å². The topological polar surface area (TPSA) is 87.1 Å². The molecule has 4 aromatic rings. The summed E-state index contributed by atoms with van der Waals surface area (Å²) in [5, 5.41) is 9.65. The van der Waals surface area contributed by atoms with Crippen molar-refractivity contribution < 1.29 is 28.8 Å². The number of ether oxygens (including phenoxy) is 4. The maximum Gasteiger partial charge on any atom is 0.341 e. The second-order valence-corrected chi connectivity index (χ2v) is 9.69. The molecule has 0 fully saturated rings. The second-order valence-electron chi connectivity index (χ2n) is 8.61. The predicted octanol–water partition coefficient (Wildman–Crippen LogP) is 6.62. The van der Waals surface area contributed by atoms with Gasteiger partial charge in [0.2, 0.25) is 0 Å². The Morgan fingerprint density at radius 2 is 1.70 bits per heavy atom. The molecule has 0 amide bonds. The van der Waals surface area contributed by atoms with Crippen LogP contribution in [0.15, 0.2) is 66.7 Å². The second kappa shape index (κ2) is 11.8. The van der Waals surface area contributed by atoms with Crippen molar-refractivity contribution >= 4 is 17.3 Å². The zero-order valence-corrected chi connectivity index (χ0v) is 22.0. The molecule has 0 aliphatic rings. The monoisotopic (exact) mass is 519 g/mol. The largest absolute Gasteiger partial charge is 0.497 e. The molecule has 0 aliphatic carbocycles. The Morgan fingerprint density at radius 3 is 2.38 bits per heavy atom. The van der Waals surface area contributed by atoms with Gasteiger partial charge in [0.15, 0.2) is 6.61 Å². The number of rotatable bonds is 11. The number of aromatic nitrogens is 1. The molecule has 0 aliphatic heterocycles. The number of carboxylic acids is 1. The van der Waals surface area contributed by atoms with Gasteiger partial charge in [-0.2, -0.15) is 0 Å². The molecule has 0 saturated heterocycles. The molecule has 7 nitrogen and oxygen atoms in total. The highest BCUT2D eigenvalue weighted by Gasteiger charge is 2.17. The van der Waals surface area contributed by atoms with Gasteiger partial charge in [0.1, 0.15) is 34.6 Å². The summed E-state index contributed by atoms with van der Waals surface area (Å²) in [6.07, 6.45) is 0.0751. The van der Waals surface area contributed by atoms with E-state index < -0.39 is 5.97 Å². The number of thiazole rings is 1. The minimum atomic E-state index is -1.02. The first-order valence-electron chi connectivity index (χ1n) is 11.8. The molecule has 0 saturated carbocycles. The Labute approximate surface area is 220 Å². The van der Waals surface area contributed by atoms with E-state index in [1.165, 1.54) is 0 Å². The lowest BCUT2D eigenvalue weighted by Crippen LogP contribution is -2.10. The molecule has 3 aromatic carbocycles. The maximum absolute atomic E-state index is 10.8. The molecule has 4 rings (SSSR count). The van der Waals surface area contributed by atoms with Gasteiger partial charge in [-0.15, -0.1) is 11.3 Å². The minimum Gasteiger partial charge on any atom is -0.497 e. The summed E-state index contributed by atoms with van der Waals surface area (Å²) in [6.45, 7) is 5.75. The van der Waals surface area contributed by atoms with Gasteiger partial charge in [0.25, 0.3) is 0 Å². The Bertz CT molecular complexity index is 1360. The third-order valence-electron chi connectivity index (χ3n) is 5.36. The number of methoxy groups -OCH3 is 1. The van der Waals surface area contributed by atoms with E-state index in [4.69, 9.17) is 29.0 Å². The number of hydrogen-bond acceptors (Lipinski definition) is 7. The number of aryl methyl sites for hydroxylation is 1. The Morgan fingerprint density at radius 1 is 0.946 bits per heavy atom. The average Bonchev–Trinajstić information content (AvgIpc) is 3.31. The van der Waals surface area contributed by atoms with Crippen LogP contribution in [0.3, 0.4) is 0 Å². The van der Waals surface area contributed by atoms with Crippen LogP contribution in [0.2, 0.25) is 0 Å². The van der Waals surface area contributed by atoms with E-state index >= 15 is 0 Å². The molecule has 0 atom stereocenters. The predicted molar refractivity (Wildman–Crippen MR) is 144 cm³/mol. The van der Waals surface area contributed by atoms with Crippen LogP contribution in [0.1, 0.15) is 24.4 Å². The van der Waals surface area contributed by atoms with Crippen molar-refractivity contribution in [1.82, 2.24) is 4.98 Å². The van der Waals surface area contributed by atoms with Crippen LogP contribution in [0.4, 0.5) is 0 Å². The van der Waals surface area contributed by atoms with E-state index in [0.29, 0.717) is 11.5 Å². The van der Waals surface area contributed by atoms with E-state index in [1.54, 1.807) is 30.6 Å². The summed E-state index contributed by atoms with van der Waals surface area (Å²) >= 11 is 1.57. The first kappa shape index (κ1) is 26.0. The summed E-state index contributed by atoms with van der Waals surface area (Å²) in [5.41, 5.74) is 3.65. The van der Waals surface area contributed by atoms with Gasteiger partial charge in [-0.25, -0.2) is 9.78 Å². The highest BCUT2D eigenvalue weighted by molar-refractivity contribution is 7.15. The van der Waals surface area contributed by atoms with E-state index in [9.17, 15) is 4.79 Å². The van der Waals surface area contributed by atoms with Gasteiger partial charge < -0.3 is 24.1 Å². The molecule has 192 valence electrons. The smallest absolute Gasteiger partial charge is 0.341 e. The summed E-state index contributed by atoms with van der Waals surface area (Å²) in [5.74, 6) is 1.72. The lowest BCUT2D eigenvalue weighted by atomic mass is 10.1. The van der Waals surface area contributed by atoms with Crippen LogP contribution in [-0.4, -0.2) is 35.9 Å². The Kier molecular flexibility index (Phi) is 8.30. The molecule has 1 N–H and O–H groups in total. The van der Waals surface area contributed by atoms with Crippen LogP contribution in [0, 0.1) is 6.92 Å². The summed E-state index contributed by atoms with van der Waals surface area (Å²) < 4.78 is 22.6. The van der Waals surface area contributed by atoms with Crippen LogP contribution in [-0.2, 0) is 11.4 Å². The van der Waals surface area contributed by atoms with Gasteiger partial charge in [-0.05, 0) is 86.5 Å². The van der Waals surface area contributed by atoms with Crippen LogP contribution >= 0.6 is 11.3 Å². The summed E-state index contributed by atoms with van der Waals surface area (Å²) in [4.78, 5) is 16.7. The molecule has 0 bridgehead atoms. The zero-order chi connectivity index (χ0) is 26.4. The number of carbonyl (C=O) groups is 1. The number of nitrogens with zero attached hydrogens (tertiary/aromatic N) is 1. The number of carboxylic acid groups (broad SMARTS) is 1. The van der Waals surface area contributed by atoms with Crippen LogP contribution < -0.4 is 18.9 Å². The van der Waals surface area contributed by atoms with Gasteiger partial charge in [0, 0.05) is 5.56 Å². The Hall–Kier alpha value is -4.04. The molecular weight excluding hydrogens is 490 g/mol. The number of benzene rings is 3. The highest BCUT2D eigenvalue weighted by atomic mass is 32.1. The lowest BCUT2D eigenvalue weighted by molar-refractivity contribution is -0.139. The number of aliphatic carboxylic acids is 1. The molecule has 1 aromatic heterocycles. The van der Waals surface area contributed by atoms with E-state index in [-0.39, 0.29) is 19.3 Å². The highest BCUT2D eigenvalue weighted by Crippen LogP contribution is 2.39. The molecule has 8 heteroatoms. The fourth-order valence-electron chi connectivity index (χ4n) is 3.71. The van der Waals surface area contributed by atoms with E-state index in [2.05, 4.69) is 6.07 Å². The third kappa shape index (κ3) is 6.80. The van der Waals surface area contributed by atoms with Gasteiger partial charge in [0.05, 0.1) is 23.8 Å². The zero-order valence-electron chi connectivity index (χ0n) is 21.2. The first-order chi connectivity index (χ1) is 17.8. The number of hydrogen-bond donors (Lipinski definition) is 1. The maximum atomic E-state index is 10.8. The van der Waals surface area contributed by atoms with Crippen molar-refractivity contribution in [2.75, 3.05) is 13.7 Å². The first-order valence-corrected chi connectivity index (χ1v) is 12.6. The molecule has 37 heavy (non-hydrogen) atoms.